The summed E-state index contributed by atoms with van der Waals surface area (Å²) in [4.78, 5) is 7.07. The maximum absolute atomic E-state index is 4.79. The van der Waals surface area contributed by atoms with Crippen molar-refractivity contribution < 1.29 is 0 Å². The largest absolute Gasteiger partial charge is 0.375 e. The van der Waals surface area contributed by atoms with Crippen LogP contribution < -0.4 is 15.5 Å². The highest BCUT2D eigenvalue weighted by molar-refractivity contribution is 7.99. The summed E-state index contributed by atoms with van der Waals surface area (Å²) >= 11 is 2.02. The quantitative estimate of drug-likeness (QED) is 0.392. The van der Waals surface area contributed by atoms with Crippen molar-refractivity contribution >= 4 is 23.4 Å². The van der Waals surface area contributed by atoms with Gasteiger partial charge in [-0.25, -0.2) is 4.99 Å². The van der Waals surface area contributed by atoms with E-state index in [4.69, 9.17) is 4.99 Å². The van der Waals surface area contributed by atoms with Crippen LogP contribution in [0.15, 0.2) is 35.3 Å². The molecule has 2 N–H and O–H groups in total. The van der Waals surface area contributed by atoms with Crippen molar-refractivity contribution in [3.05, 3.63) is 42.0 Å². The molecule has 8 heteroatoms. The van der Waals surface area contributed by atoms with Crippen LogP contribution in [0.5, 0.6) is 0 Å². The zero-order valence-corrected chi connectivity index (χ0v) is 18.6. The third kappa shape index (κ3) is 6.66. The number of rotatable bonds is 8. The standard InChI is InChI=1S/C21H33N7S/c1-17-25-26-20(28(17)3)15-23-21(24-18-9-7-14-29-16-18)22-12-8-13-27(2)19-10-5-4-6-11-19/h4-6,10-11,18H,7-9,12-16H2,1-3H3,(H2,22,23,24). The van der Waals surface area contributed by atoms with Crippen LogP contribution in [0.1, 0.15) is 30.9 Å². The molecular weight excluding hydrogens is 382 g/mol. The van der Waals surface area contributed by atoms with Crippen LogP contribution in [0.4, 0.5) is 5.69 Å². The number of nitrogens with zero attached hydrogens (tertiary/aromatic N) is 5. The highest BCUT2D eigenvalue weighted by Gasteiger charge is 2.15. The van der Waals surface area contributed by atoms with Crippen LogP contribution in [0.3, 0.4) is 0 Å². The minimum atomic E-state index is 0.480. The molecular formula is C21H33N7S. The summed E-state index contributed by atoms with van der Waals surface area (Å²) in [7, 11) is 4.12. The molecule has 1 fully saturated rings. The monoisotopic (exact) mass is 415 g/mol. The number of aromatic nitrogens is 3. The summed E-state index contributed by atoms with van der Waals surface area (Å²) < 4.78 is 1.99. The van der Waals surface area contributed by atoms with Gasteiger partial charge >= 0.3 is 0 Å². The molecule has 1 aliphatic heterocycles. The summed E-state index contributed by atoms with van der Waals surface area (Å²) in [5.74, 6) is 5.07. The number of guanidine groups is 1. The third-order valence-electron chi connectivity index (χ3n) is 5.22. The summed E-state index contributed by atoms with van der Waals surface area (Å²) in [6, 6.07) is 11.0. The van der Waals surface area contributed by atoms with Crippen molar-refractivity contribution in [3.63, 3.8) is 0 Å². The Morgan fingerprint density at radius 2 is 2.14 bits per heavy atom. The number of hydrogen-bond donors (Lipinski definition) is 2. The fraction of sp³-hybridized carbons (Fsp3) is 0.571. The SMILES string of the molecule is Cc1nnc(CN=C(NCCCN(C)c2ccccc2)NC2CCCSC2)n1C. The summed E-state index contributed by atoms with van der Waals surface area (Å²) in [6.07, 6.45) is 3.50. The molecule has 1 aromatic heterocycles. The topological polar surface area (TPSA) is 70.4 Å². The van der Waals surface area contributed by atoms with Gasteiger partial charge < -0.3 is 20.1 Å². The Hall–Kier alpha value is -2.22. The van der Waals surface area contributed by atoms with Gasteiger partial charge in [-0.1, -0.05) is 18.2 Å². The van der Waals surface area contributed by atoms with E-state index < -0.39 is 0 Å². The highest BCUT2D eigenvalue weighted by atomic mass is 32.2. The molecule has 0 aliphatic carbocycles. The number of hydrogen-bond acceptors (Lipinski definition) is 5. The molecule has 0 radical (unpaired) electrons. The molecule has 1 aromatic carbocycles. The predicted octanol–water partition coefficient (Wildman–Crippen LogP) is 2.58. The molecule has 0 bridgehead atoms. The Bertz CT molecular complexity index is 769. The lowest BCUT2D eigenvalue weighted by Gasteiger charge is -2.25. The molecule has 3 rings (SSSR count). The van der Waals surface area contributed by atoms with Crippen LogP contribution >= 0.6 is 11.8 Å². The smallest absolute Gasteiger partial charge is 0.191 e. The summed E-state index contributed by atoms with van der Waals surface area (Å²) in [5, 5.41) is 15.5. The Kier molecular flexibility index (Phi) is 8.22. The Morgan fingerprint density at radius 1 is 1.31 bits per heavy atom. The number of thioether (sulfide) groups is 1. The maximum atomic E-state index is 4.79. The van der Waals surface area contributed by atoms with Crippen LogP contribution in [-0.4, -0.2) is 58.4 Å². The molecule has 0 spiro atoms. The van der Waals surface area contributed by atoms with Crippen molar-refractivity contribution in [1.82, 2.24) is 25.4 Å². The first-order valence-electron chi connectivity index (χ1n) is 10.4. The lowest BCUT2D eigenvalue weighted by molar-refractivity contribution is 0.578. The first-order chi connectivity index (χ1) is 14.1. The van der Waals surface area contributed by atoms with Crippen molar-refractivity contribution in [2.75, 3.05) is 36.5 Å². The number of anilines is 1. The highest BCUT2D eigenvalue weighted by Crippen LogP contribution is 2.16. The Morgan fingerprint density at radius 3 is 2.83 bits per heavy atom. The molecule has 1 atom stereocenters. The molecule has 2 aromatic rings. The molecule has 2 heterocycles. The van der Waals surface area contributed by atoms with Crippen LogP contribution in [0.2, 0.25) is 0 Å². The van der Waals surface area contributed by atoms with E-state index in [1.54, 1.807) is 0 Å². The minimum absolute atomic E-state index is 0.480. The van der Waals surface area contributed by atoms with Crippen molar-refractivity contribution in [2.45, 2.75) is 38.8 Å². The van der Waals surface area contributed by atoms with Crippen LogP contribution in [0, 0.1) is 6.92 Å². The first kappa shape index (κ1) is 21.5. The third-order valence-corrected chi connectivity index (χ3v) is 6.44. The van der Waals surface area contributed by atoms with Gasteiger partial charge in [0.1, 0.15) is 12.4 Å². The molecule has 29 heavy (non-hydrogen) atoms. The lowest BCUT2D eigenvalue weighted by Crippen LogP contribution is -2.46. The number of nitrogens with one attached hydrogen (secondary N) is 2. The Labute approximate surface area is 178 Å². The number of benzene rings is 1. The van der Waals surface area contributed by atoms with Gasteiger partial charge in [0.15, 0.2) is 11.8 Å². The summed E-state index contributed by atoms with van der Waals surface area (Å²) in [5.41, 5.74) is 1.25. The lowest BCUT2D eigenvalue weighted by atomic mass is 10.2. The second-order valence-corrected chi connectivity index (χ2v) is 8.63. The van der Waals surface area contributed by atoms with Crippen molar-refractivity contribution in [3.8, 4) is 0 Å². The normalized spacial score (nSPS) is 17.2. The van der Waals surface area contributed by atoms with Crippen molar-refractivity contribution in [2.24, 2.45) is 12.0 Å². The minimum Gasteiger partial charge on any atom is -0.375 e. The molecule has 158 valence electrons. The van der Waals surface area contributed by atoms with Gasteiger partial charge in [-0.15, -0.1) is 10.2 Å². The maximum Gasteiger partial charge on any atom is 0.191 e. The van der Waals surface area contributed by atoms with E-state index in [0.717, 1.165) is 42.9 Å². The zero-order valence-electron chi connectivity index (χ0n) is 17.8. The van der Waals surface area contributed by atoms with Gasteiger partial charge in [-0.05, 0) is 44.1 Å². The molecule has 7 nitrogen and oxygen atoms in total. The molecule has 1 saturated heterocycles. The van der Waals surface area contributed by atoms with Crippen molar-refractivity contribution in [1.29, 1.82) is 0 Å². The molecule has 1 aliphatic rings. The van der Waals surface area contributed by atoms with Gasteiger partial charge in [0, 0.05) is 44.7 Å². The second kappa shape index (κ2) is 11.1. The summed E-state index contributed by atoms with van der Waals surface area (Å²) in [6.45, 7) is 4.35. The van der Waals surface area contributed by atoms with Gasteiger partial charge in [0.05, 0.1) is 0 Å². The average Bonchev–Trinajstić information content (AvgIpc) is 3.08. The predicted molar refractivity (Wildman–Crippen MR) is 123 cm³/mol. The van der Waals surface area contributed by atoms with Gasteiger partial charge in [0.2, 0.25) is 0 Å². The van der Waals surface area contributed by atoms with E-state index in [1.807, 2.05) is 30.3 Å². The fourth-order valence-electron chi connectivity index (χ4n) is 3.27. The number of aryl methyl sites for hydroxylation is 1. The van der Waals surface area contributed by atoms with Crippen LogP contribution in [-0.2, 0) is 13.6 Å². The fourth-order valence-corrected chi connectivity index (χ4v) is 4.35. The van der Waals surface area contributed by atoms with E-state index in [9.17, 15) is 0 Å². The molecule has 0 amide bonds. The first-order valence-corrected chi connectivity index (χ1v) is 11.5. The van der Waals surface area contributed by atoms with E-state index in [0.29, 0.717) is 12.6 Å². The average molecular weight is 416 g/mol. The van der Waals surface area contributed by atoms with E-state index >= 15 is 0 Å². The number of para-hydroxylation sites is 1. The zero-order chi connectivity index (χ0) is 20.5. The van der Waals surface area contributed by atoms with Gasteiger partial charge in [-0.3, -0.25) is 0 Å². The van der Waals surface area contributed by atoms with E-state index in [-0.39, 0.29) is 0 Å². The second-order valence-electron chi connectivity index (χ2n) is 7.48. The molecule has 0 saturated carbocycles. The van der Waals surface area contributed by atoms with Gasteiger partial charge in [-0.2, -0.15) is 11.8 Å². The van der Waals surface area contributed by atoms with Gasteiger partial charge in [0.25, 0.3) is 0 Å². The molecule has 1 unspecified atom stereocenters. The Balaban J connectivity index is 1.52. The van der Waals surface area contributed by atoms with E-state index in [1.165, 1.54) is 24.3 Å². The number of aliphatic imine (C=N–C) groups is 1. The van der Waals surface area contributed by atoms with E-state index in [2.05, 4.69) is 63.1 Å². The van der Waals surface area contributed by atoms with Crippen LogP contribution in [0.25, 0.3) is 0 Å².